The number of hydrogen-bond acceptors (Lipinski definition) is 8. The highest BCUT2D eigenvalue weighted by Crippen LogP contribution is 2.28. The van der Waals surface area contributed by atoms with Crippen LogP contribution in [0.5, 0.6) is 0 Å². The predicted octanol–water partition coefficient (Wildman–Crippen LogP) is 3.46. The molecule has 1 amide bonds. The van der Waals surface area contributed by atoms with Gasteiger partial charge in [0.1, 0.15) is 12.1 Å². The maximum Gasteiger partial charge on any atom is 0.410 e. The van der Waals surface area contributed by atoms with Gasteiger partial charge in [-0.05, 0) is 57.2 Å². The number of amides is 1. The average Bonchev–Trinajstić information content (AvgIpc) is 3.26. The molecule has 1 saturated heterocycles. The Hall–Kier alpha value is -3.69. The third-order valence-electron chi connectivity index (χ3n) is 6.59. The zero-order valence-corrected chi connectivity index (χ0v) is 20.6. The van der Waals surface area contributed by atoms with Crippen LogP contribution in [-0.2, 0) is 4.74 Å². The average molecular weight is 477 g/mol. The molecule has 0 spiro atoms. The van der Waals surface area contributed by atoms with E-state index in [0.29, 0.717) is 31.7 Å². The van der Waals surface area contributed by atoms with E-state index in [-0.39, 0.29) is 6.09 Å². The van der Waals surface area contributed by atoms with Crippen molar-refractivity contribution in [2.24, 2.45) is 0 Å². The summed E-state index contributed by atoms with van der Waals surface area (Å²) in [6.07, 6.45) is 8.21. The Morgan fingerprint density at radius 2 is 2.00 bits per heavy atom. The minimum atomic E-state index is -0.257. The van der Waals surface area contributed by atoms with Gasteiger partial charge in [-0.15, -0.1) is 5.10 Å². The van der Waals surface area contributed by atoms with E-state index in [1.807, 2.05) is 30.6 Å². The minimum absolute atomic E-state index is 0.257. The number of fused-ring (bicyclic) bond motifs is 1. The van der Waals surface area contributed by atoms with Crippen LogP contribution in [0.2, 0.25) is 0 Å². The van der Waals surface area contributed by atoms with E-state index in [1.54, 1.807) is 11.2 Å². The van der Waals surface area contributed by atoms with Crippen LogP contribution in [0, 0.1) is 13.8 Å². The van der Waals surface area contributed by atoms with Gasteiger partial charge in [0.05, 0.1) is 6.61 Å². The van der Waals surface area contributed by atoms with Gasteiger partial charge in [-0.3, -0.25) is 0 Å². The molecule has 0 saturated carbocycles. The molecule has 10 heteroatoms. The van der Waals surface area contributed by atoms with Crippen LogP contribution in [0.1, 0.15) is 43.0 Å². The van der Waals surface area contributed by atoms with Gasteiger partial charge in [0, 0.05) is 55.7 Å². The second-order valence-corrected chi connectivity index (χ2v) is 9.18. The quantitative estimate of drug-likeness (QED) is 0.598. The second kappa shape index (κ2) is 9.89. The van der Waals surface area contributed by atoms with Crippen molar-refractivity contribution in [2.75, 3.05) is 43.0 Å². The molecular weight excluding hydrogens is 444 g/mol. The lowest BCUT2D eigenvalue weighted by Crippen LogP contribution is -2.39. The number of piperidine rings is 1. The van der Waals surface area contributed by atoms with E-state index in [4.69, 9.17) is 14.8 Å². The minimum Gasteiger partial charge on any atom is -0.450 e. The topological polar surface area (TPSA) is 101 Å². The Balaban J connectivity index is 1.28. The number of carbonyl (C=O) groups excluding carboxylic acids is 1. The van der Waals surface area contributed by atoms with Gasteiger partial charge in [0.25, 0.3) is 0 Å². The van der Waals surface area contributed by atoms with E-state index >= 15 is 0 Å². The molecule has 35 heavy (non-hydrogen) atoms. The summed E-state index contributed by atoms with van der Waals surface area (Å²) in [5, 5.41) is 8.28. The third kappa shape index (κ3) is 5.06. The highest BCUT2D eigenvalue weighted by molar-refractivity contribution is 5.79. The number of aromatic nitrogens is 5. The van der Waals surface area contributed by atoms with Gasteiger partial charge in [-0.2, -0.15) is 4.98 Å². The van der Waals surface area contributed by atoms with Crippen molar-refractivity contribution in [3.63, 3.8) is 0 Å². The van der Waals surface area contributed by atoms with E-state index in [0.717, 1.165) is 60.6 Å². The molecule has 0 aromatic carbocycles. The number of nitrogens with zero attached hydrogens (tertiary/aromatic N) is 7. The number of pyridine rings is 1. The summed E-state index contributed by atoms with van der Waals surface area (Å²) >= 11 is 0. The molecule has 1 N–H and O–H groups in total. The van der Waals surface area contributed by atoms with Crippen molar-refractivity contribution in [3.8, 4) is 0 Å². The van der Waals surface area contributed by atoms with Gasteiger partial charge < -0.3 is 19.9 Å². The number of rotatable bonds is 5. The molecular formula is C25H32N8O2. The fourth-order valence-electron chi connectivity index (χ4n) is 4.76. The molecule has 1 fully saturated rings. The van der Waals surface area contributed by atoms with Crippen molar-refractivity contribution < 1.29 is 9.53 Å². The number of nitrogens with one attached hydrogen (secondary N) is 1. The standard InChI is InChI=1S/C25H32N8O2/c1-4-35-25(34)32-9-5-19(6-10-32)21-13-17(2)15-33-23(21)29-24(30-33)28-20-7-11-31(12-8-20)22-14-18(3)26-16-27-22/h5,13-16,20H,4,6-12H2,1-3H3,(H,28,30). The first-order valence-electron chi connectivity index (χ1n) is 12.3. The molecule has 0 atom stereocenters. The Labute approximate surface area is 205 Å². The fourth-order valence-corrected chi connectivity index (χ4v) is 4.76. The van der Waals surface area contributed by atoms with Crippen LogP contribution in [-0.4, -0.2) is 74.4 Å². The normalized spacial score (nSPS) is 16.9. The predicted molar refractivity (Wildman–Crippen MR) is 135 cm³/mol. The van der Waals surface area contributed by atoms with Crippen molar-refractivity contribution >= 4 is 29.1 Å². The van der Waals surface area contributed by atoms with E-state index in [1.165, 1.54) is 5.57 Å². The molecule has 3 aromatic rings. The number of hydrogen-bond donors (Lipinski definition) is 1. The first-order chi connectivity index (χ1) is 17.0. The van der Waals surface area contributed by atoms with Gasteiger partial charge in [0.2, 0.25) is 5.95 Å². The summed E-state index contributed by atoms with van der Waals surface area (Å²) in [6, 6.07) is 4.50. The van der Waals surface area contributed by atoms with Gasteiger partial charge >= 0.3 is 6.09 Å². The van der Waals surface area contributed by atoms with Crippen LogP contribution < -0.4 is 10.2 Å². The SMILES string of the molecule is CCOC(=O)N1CC=C(c2cc(C)cn3nc(NC4CCN(c5cc(C)ncn5)CC4)nc23)CC1. The fraction of sp³-hybridized carbons (Fsp3) is 0.480. The molecule has 0 radical (unpaired) electrons. The molecule has 2 aliphatic heterocycles. The largest absolute Gasteiger partial charge is 0.450 e. The van der Waals surface area contributed by atoms with Crippen LogP contribution in [0.25, 0.3) is 11.2 Å². The highest BCUT2D eigenvalue weighted by Gasteiger charge is 2.23. The Kier molecular flexibility index (Phi) is 6.52. The molecule has 5 heterocycles. The summed E-state index contributed by atoms with van der Waals surface area (Å²) in [5.41, 5.74) is 5.19. The summed E-state index contributed by atoms with van der Waals surface area (Å²) < 4.78 is 7.00. The Bertz CT molecular complexity index is 1250. The number of carbonyl (C=O) groups is 1. The van der Waals surface area contributed by atoms with Crippen LogP contribution in [0.4, 0.5) is 16.6 Å². The molecule has 3 aromatic heterocycles. The maximum atomic E-state index is 12.0. The van der Waals surface area contributed by atoms with Gasteiger partial charge in [-0.1, -0.05) is 6.08 Å². The third-order valence-corrected chi connectivity index (χ3v) is 6.59. The molecule has 0 bridgehead atoms. The molecule has 0 unspecified atom stereocenters. The Morgan fingerprint density at radius 1 is 1.17 bits per heavy atom. The number of anilines is 2. The summed E-state index contributed by atoms with van der Waals surface area (Å²) in [6.45, 7) is 9.30. The van der Waals surface area contributed by atoms with Gasteiger partial charge in [-0.25, -0.2) is 19.3 Å². The monoisotopic (exact) mass is 476 g/mol. The zero-order chi connectivity index (χ0) is 24.4. The summed E-state index contributed by atoms with van der Waals surface area (Å²) in [5.74, 6) is 1.64. The molecule has 5 rings (SSSR count). The van der Waals surface area contributed by atoms with Crippen molar-refractivity contribution in [1.82, 2.24) is 29.5 Å². The van der Waals surface area contributed by atoms with E-state index < -0.39 is 0 Å². The number of ether oxygens (including phenoxy) is 1. The van der Waals surface area contributed by atoms with Gasteiger partial charge in [0.15, 0.2) is 5.65 Å². The second-order valence-electron chi connectivity index (χ2n) is 9.18. The highest BCUT2D eigenvalue weighted by atomic mass is 16.6. The molecule has 0 aliphatic carbocycles. The summed E-state index contributed by atoms with van der Waals surface area (Å²) in [7, 11) is 0. The van der Waals surface area contributed by atoms with Crippen molar-refractivity contribution in [2.45, 2.75) is 46.1 Å². The first kappa shape index (κ1) is 23.1. The lowest BCUT2D eigenvalue weighted by atomic mass is 9.99. The van der Waals surface area contributed by atoms with E-state index in [2.05, 4.69) is 39.3 Å². The molecule has 10 nitrogen and oxygen atoms in total. The smallest absolute Gasteiger partial charge is 0.410 e. The van der Waals surface area contributed by atoms with Crippen LogP contribution >= 0.6 is 0 Å². The molecule has 184 valence electrons. The summed E-state index contributed by atoms with van der Waals surface area (Å²) in [4.78, 5) is 29.6. The first-order valence-corrected chi connectivity index (χ1v) is 12.3. The Morgan fingerprint density at radius 3 is 2.71 bits per heavy atom. The van der Waals surface area contributed by atoms with Crippen molar-refractivity contribution in [1.29, 1.82) is 0 Å². The maximum absolute atomic E-state index is 12.0. The number of aryl methyl sites for hydroxylation is 2. The molecule has 2 aliphatic rings. The lowest BCUT2D eigenvalue weighted by molar-refractivity contribution is 0.111. The lowest BCUT2D eigenvalue weighted by Gasteiger charge is -2.32. The van der Waals surface area contributed by atoms with Crippen LogP contribution in [0.3, 0.4) is 0 Å². The zero-order valence-electron chi connectivity index (χ0n) is 20.6. The van der Waals surface area contributed by atoms with Crippen LogP contribution in [0.15, 0.2) is 30.7 Å². The van der Waals surface area contributed by atoms with E-state index in [9.17, 15) is 4.79 Å². The van der Waals surface area contributed by atoms with Crippen molar-refractivity contribution in [3.05, 3.63) is 47.6 Å².